The van der Waals surface area contributed by atoms with Crippen LogP contribution in [0, 0.1) is 5.82 Å². The highest BCUT2D eigenvalue weighted by atomic mass is 32.1. The summed E-state index contributed by atoms with van der Waals surface area (Å²) in [4.78, 5) is 28.5. The number of nitrogens with zero attached hydrogens (tertiary/aromatic N) is 1. The topological polar surface area (TPSA) is 74.7 Å². The molecule has 0 fully saturated rings. The molecule has 144 valence electrons. The van der Waals surface area contributed by atoms with E-state index in [-0.39, 0.29) is 16.9 Å². The van der Waals surface area contributed by atoms with E-state index in [9.17, 15) is 14.0 Å². The lowest BCUT2D eigenvalue weighted by Crippen LogP contribution is -2.15. The lowest BCUT2D eigenvalue weighted by atomic mass is 10.1. The minimum absolute atomic E-state index is 0.0149. The molecule has 0 saturated carbocycles. The molecule has 0 aliphatic heterocycles. The number of Topliss-reactive ketones (excluding diaryl/α,β-unsaturated/α-hetero) is 1. The summed E-state index contributed by atoms with van der Waals surface area (Å²) >= 11 is 1.48. The third-order valence-electron chi connectivity index (χ3n) is 3.76. The summed E-state index contributed by atoms with van der Waals surface area (Å²) in [6, 6.07) is 9.89. The summed E-state index contributed by atoms with van der Waals surface area (Å²) in [6.45, 7) is -0.196. The first-order valence-corrected chi connectivity index (χ1v) is 9.15. The van der Waals surface area contributed by atoms with Crippen molar-refractivity contribution in [2.45, 2.75) is 6.61 Å². The molecular weight excluding hydrogens is 385 g/mol. The summed E-state index contributed by atoms with van der Waals surface area (Å²) in [5.41, 5.74) is 2.82. The molecule has 3 aromatic rings. The number of ketones is 1. The van der Waals surface area contributed by atoms with E-state index in [1.807, 2.05) is 5.38 Å². The van der Waals surface area contributed by atoms with Crippen molar-refractivity contribution in [3.05, 3.63) is 76.0 Å². The molecule has 0 saturated heterocycles. The predicted octanol–water partition coefficient (Wildman–Crippen LogP) is 3.91. The van der Waals surface area contributed by atoms with Crippen LogP contribution in [0.4, 0.5) is 4.39 Å². The fourth-order valence-corrected chi connectivity index (χ4v) is 2.89. The Morgan fingerprint density at radius 1 is 1.14 bits per heavy atom. The molecule has 0 atom stereocenters. The number of esters is 1. The Hall–Kier alpha value is -3.26. The van der Waals surface area contributed by atoms with Crippen LogP contribution in [0.3, 0.4) is 0 Å². The van der Waals surface area contributed by atoms with Gasteiger partial charge in [0.05, 0.1) is 29.4 Å². The molecule has 1 heterocycles. The second-order valence-corrected chi connectivity index (χ2v) is 6.36. The zero-order valence-electron chi connectivity index (χ0n) is 14.9. The Labute approximate surface area is 164 Å². The number of hydrogen-bond acceptors (Lipinski definition) is 7. The highest BCUT2D eigenvalue weighted by Crippen LogP contribution is 2.20. The lowest BCUT2D eigenvalue weighted by Gasteiger charge is -2.09. The molecule has 28 heavy (non-hydrogen) atoms. The Morgan fingerprint density at radius 2 is 1.93 bits per heavy atom. The van der Waals surface area contributed by atoms with Crippen molar-refractivity contribution in [2.24, 2.45) is 0 Å². The standard InChI is InChI=1S/C20H16FNO5S/c1-25-19-7-4-14(21)8-17(19)18(23)10-27-20(24)13-2-5-16(6-3-13)26-9-15-11-28-12-22-15/h2-8,11-12H,9-10H2,1H3. The average Bonchev–Trinajstić information content (AvgIpc) is 3.24. The maximum absolute atomic E-state index is 13.4. The summed E-state index contributed by atoms with van der Waals surface area (Å²) in [5, 5.41) is 1.89. The molecule has 8 heteroatoms. The van der Waals surface area contributed by atoms with Gasteiger partial charge in [0.2, 0.25) is 5.78 Å². The Kier molecular flexibility index (Phi) is 6.33. The Balaban J connectivity index is 1.56. The van der Waals surface area contributed by atoms with E-state index in [0.717, 1.165) is 11.8 Å². The number of carbonyl (C=O) groups is 2. The van der Waals surface area contributed by atoms with Crippen molar-refractivity contribution in [3.8, 4) is 11.5 Å². The van der Waals surface area contributed by atoms with Crippen LogP contribution in [-0.4, -0.2) is 30.5 Å². The van der Waals surface area contributed by atoms with E-state index in [2.05, 4.69) is 4.98 Å². The van der Waals surface area contributed by atoms with Crippen molar-refractivity contribution in [3.63, 3.8) is 0 Å². The normalized spacial score (nSPS) is 10.4. The molecular formula is C20H16FNO5S. The number of thiazole rings is 1. The minimum atomic E-state index is -0.672. The van der Waals surface area contributed by atoms with Gasteiger partial charge in [-0.3, -0.25) is 4.79 Å². The third kappa shape index (κ3) is 4.92. The van der Waals surface area contributed by atoms with Crippen molar-refractivity contribution < 1.29 is 28.2 Å². The van der Waals surface area contributed by atoms with E-state index in [1.54, 1.807) is 17.6 Å². The second kappa shape index (κ2) is 9.09. The predicted molar refractivity (Wildman–Crippen MR) is 100 cm³/mol. The highest BCUT2D eigenvalue weighted by molar-refractivity contribution is 7.07. The van der Waals surface area contributed by atoms with Gasteiger partial charge in [0.15, 0.2) is 6.61 Å². The number of ether oxygens (including phenoxy) is 3. The van der Waals surface area contributed by atoms with E-state index in [4.69, 9.17) is 14.2 Å². The molecule has 6 nitrogen and oxygen atoms in total. The molecule has 3 rings (SSSR count). The van der Waals surface area contributed by atoms with E-state index < -0.39 is 24.2 Å². The molecule has 0 N–H and O–H groups in total. The largest absolute Gasteiger partial charge is 0.496 e. The quantitative estimate of drug-likeness (QED) is 0.421. The van der Waals surface area contributed by atoms with Crippen LogP contribution in [0.2, 0.25) is 0 Å². The van der Waals surface area contributed by atoms with Gasteiger partial charge in [-0.2, -0.15) is 0 Å². The number of carbonyl (C=O) groups excluding carboxylic acids is 2. The van der Waals surface area contributed by atoms with Crippen LogP contribution < -0.4 is 9.47 Å². The van der Waals surface area contributed by atoms with Gasteiger partial charge in [0.25, 0.3) is 0 Å². The highest BCUT2D eigenvalue weighted by Gasteiger charge is 2.16. The van der Waals surface area contributed by atoms with Crippen molar-refractivity contribution in [1.29, 1.82) is 0 Å². The first kappa shape index (κ1) is 19.5. The van der Waals surface area contributed by atoms with E-state index >= 15 is 0 Å². The van der Waals surface area contributed by atoms with E-state index in [1.165, 1.54) is 42.7 Å². The van der Waals surface area contributed by atoms with Crippen molar-refractivity contribution >= 4 is 23.1 Å². The van der Waals surface area contributed by atoms with Gasteiger partial charge in [0.1, 0.15) is 23.9 Å². The number of methoxy groups -OCH3 is 1. The van der Waals surface area contributed by atoms with Gasteiger partial charge in [-0.1, -0.05) is 0 Å². The molecule has 0 radical (unpaired) electrons. The van der Waals surface area contributed by atoms with E-state index in [0.29, 0.717) is 12.4 Å². The Bertz CT molecular complexity index is 957. The summed E-state index contributed by atoms with van der Waals surface area (Å²) in [6.07, 6.45) is 0. The van der Waals surface area contributed by atoms with Crippen LogP contribution in [0.15, 0.2) is 53.4 Å². The van der Waals surface area contributed by atoms with Crippen LogP contribution in [0.5, 0.6) is 11.5 Å². The summed E-state index contributed by atoms with van der Waals surface area (Å²) < 4.78 is 29.0. The van der Waals surface area contributed by atoms with Gasteiger partial charge < -0.3 is 14.2 Å². The first-order valence-electron chi connectivity index (χ1n) is 8.20. The molecule has 0 spiro atoms. The molecule has 0 amide bonds. The fraction of sp³-hybridized carbons (Fsp3) is 0.150. The zero-order valence-corrected chi connectivity index (χ0v) is 15.7. The molecule has 0 aliphatic carbocycles. The summed E-state index contributed by atoms with van der Waals surface area (Å²) in [5.74, 6) is -1.03. The van der Waals surface area contributed by atoms with Crippen LogP contribution in [-0.2, 0) is 11.3 Å². The van der Waals surface area contributed by atoms with Crippen LogP contribution in [0.25, 0.3) is 0 Å². The third-order valence-corrected chi connectivity index (χ3v) is 4.39. The fourth-order valence-electron chi connectivity index (χ4n) is 2.34. The minimum Gasteiger partial charge on any atom is -0.496 e. The van der Waals surface area contributed by atoms with Crippen molar-refractivity contribution in [1.82, 2.24) is 4.98 Å². The SMILES string of the molecule is COc1ccc(F)cc1C(=O)COC(=O)c1ccc(OCc2cscn2)cc1. The molecule has 0 aliphatic rings. The maximum atomic E-state index is 13.4. The Morgan fingerprint density at radius 3 is 2.61 bits per heavy atom. The maximum Gasteiger partial charge on any atom is 0.338 e. The van der Waals surface area contributed by atoms with Gasteiger partial charge in [-0.05, 0) is 42.5 Å². The van der Waals surface area contributed by atoms with Crippen LogP contribution >= 0.6 is 11.3 Å². The number of benzene rings is 2. The van der Waals surface area contributed by atoms with Gasteiger partial charge in [0, 0.05) is 5.38 Å². The molecule has 2 aromatic carbocycles. The van der Waals surface area contributed by atoms with Gasteiger partial charge in [-0.15, -0.1) is 11.3 Å². The zero-order chi connectivity index (χ0) is 19.9. The number of rotatable bonds is 8. The van der Waals surface area contributed by atoms with Crippen molar-refractivity contribution in [2.75, 3.05) is 13.7 Å². The number of halogens is 1. The molecule has 0 bridgehead atoms. The van der Waals surface area contributed by atoms with Gasteiger partial charge >= 0.3 is 5.97 Å². The van der Waals surface area contributed by atoms with Gasteiger partial charge in [-0.25, -0.2) is 14.2 Å². The molecule has 0 unspecified atom stereocenters. The second-order valence-electron chi connectivity index (χ2n) is 5.64. The molecule has 1 aromatic heterocycles. The lowest BCUT2D eigenvalue weighted by molar-refractivity contribution is 0.0474. The average molecular weight is 401 g/mol. The van der Waals surface area contributed by atoms with Crippen LogP contribution in [0.1, 0.15) is 26.4 Å². The summed E-state index contributed by atoms with van der Waals surface area (Å²) in [7, 11) is 1.37. The number of aromatic nitrogens is 1. The monoisotopic (exact) mass is 401 g/mol. The number of hydrogen-bond donors (Lipinski definition) is 0. The first-order chi connectivity index (χ1) is 13.6. The smallest absolute Gasteiger partial charge is 0.338 e.